The van der Waals surface area contributed by atoms with Crippen LogP contribution in [-0.4, -0.2) is 22.6 Å². The van der Waals surface area contributed by atoms with Gasteiger partial charge in [-0.3, -0.25) is 4.79 Å². The second-order valence-corrected chi connectivity index (χ2v) is 6.87. The molecule has 1 heterocycles. The molecule has 0 saturated heterocycles. The van der Waals surface area contributed by atoms with Gasteiger partial charge < -0.3 is 10.6 Å². The summed E-state index contributed by atoms with van der Waals surface area (Å²) in [6, 6.07) is 15.9. The fourth-order valence-corrected chi connectivity index (χ4v) is 3.12. The first-order chi connectivity index (χ1) is 12.5. The lowest BCUT2D eigenvalue weighted by molar-refractivity contribution is -0.112. The first-order valence-electron chi connectivity index (χ1n) is 7.40. The Kier molecular flexibility index (Phi) is 5.55. The molecule has 0 aliphatic carbocycles. The van der Waals surface area contributed by atoms with Crippen LogP contribution in [0.5, 0.6) is 0 Å². The number of amides is 1. The quantitative estimate of drug-likeness (QED) is 0.380. The molecule has 6 nitrogen and oxygen atoms in total. The Bertz CT molecular complexity index is 969. The summed E-state index contributed by atoms with van der Waals surface area (Å²) in [5.74, 6) is -1.52. The van der Waals surface area contributed by atoms with Crippen molar-refractivity contribution in [1.82, 2.24) is 4.98 Å². The van der Waals surface area contributed by atoms with Gasteiger partial charge in [-0.15, -0.1) is 11.3 Å². The van der Waals surface area contributed by atoms with Gasteiger partial charge in [0.05, 0.1) is 11.3 Å². The topological polar surface area (TPSA) is 94.6 Å². The zero-order chi connectivity index (χ0) is 18.5. The van der Waals surface area contributed by atoms with Crippen LogP contribution in [0.1, 0.15) is 15.4 Å². The maximum atomic E-state index is 12.0. The lowest BCUT2D eigenvalue weighted by atomic mass is 10.2. The Morgan fingerprint density at radius 1 is 1.08 bits per heavy atom. The second-order valence-electron chi connectivity index (χ2n) is 5.09. The number of benzene rings is 2. The van der Waals surface area contributed by atoms with E-state index in [4.69, 9.17) is 10.6 Å². The number of halogens is 1. The standard InChI is InChI=1S/C18H12BrN3O3S/c19-13-8-6-11(7-9-13)14-10-26-17(21-14)15(16(20)23)22-25-18(24)12-4-2-1-3-5-12/h1-10H,(H2,20,23)/b22-15-. The van der Waals surface area contributed by atoms with Gasteiger partial charge in [0.2, 0.25) is 5.71 Å². The normalized spacial score (nSPS) is 11.2. The maximum absolute atomic E-state index is 12.0. The van der Waals surface area contributed by atoms with Gasteiger partial charge in [-0.25, -0.2) is 9.78 Å². The number of rotatable bonds is 5. The lowest BCUT2D eigenvalue weighted by Crippen LogP contribution is -2.25. The van der Waals surface area contributed by atoms with Crippen molar-refractivity contribution in [2.24, 2.45) is 10.9 Å². The van der Waals surface area contributed by atoms with Crippen LogP contribution in [0.3, 0.4) is 0 Å². The van der Waals surface area contributed by atoms with E-state index in [9.17, 15) is 9.59 Å². The van der Waals surface area contributed by atoms with Gasteiger partial charge >= 0.3 is 5.97 Å². The minimum Gasteiger partial charge on any atom is -0.364 e. The molecule has 1 aromatic heterocycles. The Hall–Kier alpha value is -2.84. The molecule has 0 fully saturated rings. The first kappa shape index (κ1) is 18.0. The third-order valence-electron chi connectivity index (χ3n) is 3.31. The first-order valence-corrected chi connectivity index (χ1v) is 9.08. The van der Waals surface area contributed by atoms with Gasteiger partial charge in [-0.2, -0.15) is 0 Å². The number of primary amides is 1. The van der Waals surface area contributed by atoms with Crippen molar-refractivity contribution in [3.05, 3.63) is 75.0 Å². The highest BCUT2D eigenvalue weighted by Gasteiger charge is 2.18. The zero-order valence-electron chi connectivity index (χ0n) is 13.3. The molecule has 2 aromatic carbocycles. The van der Waals surface area contributed by atoms with Crippen LogP contribution in [-0.2, 0) is 9.63 Å². The van der Waals surface area contributed by atoms with Crippen molar-refractivity contribution in [1.29, 1.82) is 0 Å². The summed E-state index contributed by atoms with van der Waals surface area (Å²) in [7, 11) is 0. The van der Waals surface area contributed by atoms with Crippen LogP contribution in [0.2, 0.25) is 0 Å². The molecule has 0 spiro atoms. The van der Waals surface area contributed by atoms with Crippen LogP contribution < -0.4 is 5.73 Å². The molecule has 0 aliphatic rings. The van der Waals surface area contributed by atoms with Gasteiger partial charge in [-0.05, 0) is 24.3 Å². The highest BCUT2D eigenvalue weighted by Crippen LogP contribution is 2.24. The van der Waals surface area contributed by atoms with E-state index in [1.807, 2.05) is 24.3 Å². The van der Waals surface area contributed by atoms with Crippen molar-refractivity contribution in [2.75, 3.05) is 0 Å². The van der Waals surface area contributed by atoms with Crippen molar-refractivity contribution in [3.63, 3.8) is 0 Å². The number of nitrogens with zero attached hydrogens (tertiary/aromatic N) is 2. The van der Waals surface area contributed by atoms with Crippen LogP contribution in [0, 0.1) is 0 Å². The summed E-state index contributed by atoms with van der Waals surface area (Å²) in [4.78, 5) is 32.9. The molecule has 26 heavy (non-hydrogen) atoms. The van der Waals surface area contributed by atoms with Crippen molar-refractivity contribution in [3.8, 4) is 11.3 Å². The average Bonchev–Trinajstić information content (AvgIpc) is 3.12. The Morgan fingerprint density at radius 2 is 1.77 bits per heavy atom. The zero-order valence-corrected chi connectivity index (χ0v) is 15.7. The molecule has 2 N–H and O–H groups in total. The molecule has 0 radical (unpaired) electrons. The van der Waals surface area contributed by atoms with E-state index in [2.05, 4.69) is 26.1 Å². The van der Waals surface area contributed by atoms with Crippen LogP contribution in [0.15, 0.2) is 69.6 Å². The van der Waals surface area contributed by atoms with Crippen molar-refractivity contribution < 1.29 is 14.4 Å². The van der Waals surface area contributed by atoms with E-state index in [1.165, 1.54) is 11.3 Å². The van der Waals surface area contributed by atoms with E-state index in [1.54, 1.807) is 35.7 Å². The summed E-state index contributed by atoms with van der Waals surface area (Å²) in [5, 5.41) is 5.67. The highest BCUT2D eigenvalue weighted by atomic mass is 79.9. The molecule has 0 unspecified atom stereocenters. The molecular weight excluding hydrogens is 418 g/mol. The molecule has 0 atom stereocenters. The third kappa shape index (κ3) is 4.22. The highest BCUT2D eigenvalue weighted by molar-refractivity contribution is 9.10. The largest absolute Gasteiger partial charge is 0.365 e. The predicted octanol–water partition coefficient (Wildman–Crippen LogP) is 3.62. The lowest BCUT2D eigenvalue weighted by Gasteiger charge is -2.00. The third-order valence-corrected chi connectivity index (χ3v) is 4.69. The molecule has 3 aromatic rings. The number of oxime groups is 1. The van der Waals surface area contributed by atoms with Crippen LogP contribution >= 0.6 is 27.3 Å². The van der Waals surface area contributed by atoms with Crippen LogP contribution in [0.4, 0.5) is 0 Å². The van der Waals surface area contributed by atoms with Gasteiger partial charge in [0.15, 0.2) is 5.01 Å². The Morgan fingerprint density at radius 3 is 2.42 bits per heavy atom. The number of nitrogens with two attached hydrogens (primary N) is 1. The minimum absolute atomic E-state index is 0.206. The Balaban J connectivity index is 1.83. The summed E-state index contributed by atoms with van der Waals surface area (Å²) < 4.78 is 0.948. The SMILES string of the molecule is NC(=O)/C(=N/OC(=O)c1ccccc1)c1nc(-c2ccc(Br)cc2)cs1. The molecule has 0 saturated carbocycles. The number of hydrogen-bond donors (Lipinski definition) is 1. The molecule has 130 valence electrons. The van der Waals surface area contributed by atoms with Gasteiger partial charge in [0.1, 0.15) is 0 Å². The second kappa shape index (κ2) is 8.03. The number of carbonyl (C=O) groups is 2. The van der Waals surface area contributed by atoms with E-state index >= 15 is 0 Å². The monoisotopic (exact) mass is 429 g/mol. The van der Waals surface area contributed by atoms with Crippen molar-refractivity contribution >= 4 is 44.9 Å². The number of carbonyl (C=O) groups excluding carboxylic acids is 2. The average molecular weight is 430 g/mol. The van der Waals surface area contributed by atoms with E-state index in [0.717, 1.165) is 10.0 Å². The predicted molar refractivity (Wildman–Crippen MR) is 103 cm³/mol. The smallest absolute Gasteiger partial charge is 0.364 e. The summed E-state index contributed by atoms with van der Waals surface area (Å²) in [6.07, 6.45) is 0. The molecular formula is C18H12BrN3O3S. The summed E-state index contributed by atoms with van der Waals surface area (Å²) >= 11 is 4.56. The van der Waals surface area contributed by atoms with Crippen molar-refractivity contribution in [2.45, 2.75) is 0 Å². The fourth-order valence-electron chi connectivity index (χ4n) is 2.04. The minimum atomic E-state index is -0.831. The van der Waals surface area contributed by atoms with Gasteiger partial charge in [-0.1, -0.05) is 51.4 Å². The molecule has 0 aliphatic heterocycles. The van der Waals surface area contributed by atoms with E-state index < -0.39 is 11.9 Å². The maximum Gasteiger partial charge on any atom is 0.365 e. The molecule has 0 bridgehead atoms. The van der Waals surface area contributed by atoms with Gasteiger partial charge in [0.25, 0.3) is 5.91 Å². The summed E-state index contributed by atoms with van der Waals surface area (Å²) in [5.41, 5.74) is 7.01. The Labute approximate surface area is 161 Å². The number of aromatic nitrogens is 1. The van der Waals surface area contributed by atoms with E-state index in [0.29, 0.717) is 11.3 Å². The fraction of sp³-hybridized carbons (Fsp3) is 0. The van der Waals surface area contributed by atoms with E-state index in [-0.39, 0.29) is 10.7 Å². The molecule has 8 heteroatoms. The molecule has 3 rings (SSSR count). The summed E-state index contributed by atoms with van der Waals surface area (Å²) in [6.45, 7) is 0. The number of thiazole rings is 1. The molecule has 1 amide bonds. The van der Waals surface area contributed by atoms with Gasteiger partial charge in [0, 0.05) is 15.4 Å². The number of hydrogen-bond acceptors (Lipinski definition) is 6. The van der Waals surface area contributed by atoms with Crippen LogP contribution in [0.25, 0.3) is 11.3 Å².